The van der Waals surface area contributed by atoms with Crippen LogP contribution in [0.2, 0.25) is 0 Å². The second-order valence-corrected chi connectivity index (χ2v) is 9.33. The summed E-state index contributed by atoms with van der Waals surface area (Å²) in [7, 11) is 0. The fraction of sp³-hybridized carbons (Fsp3) is 0.269. The number of amides is 1. The number of carbonyl (C=O) groups is 1. The molecule has 2 unspecified atom stereocenters. The lowest BCUT2D eigenvalue weighted by Gasteiger charge is -2.47. The summed E-state index contributed by atoms with van der Waals surface area (Å²) in [5.41, 5.74) is 6.96. The van der Waals surface area contributed by atoms with E-state index in [4.69, 9.17) is 0 Å². The minimum absolute atomic E-state index is 0.0526. The number of likely N-dealkylation sites (tertiary alicyclic amines) is 1. The van der Waals surface area contributed by atoms with E-state index in [2.05, 4.69) is 58.6 Å². The summed E-state index contributed by atoms with van der Waals surface area (Å²) in [5.74, 6) is 1.39. The van der Waals surface area contributed by atoms with Crippen molar-refractivity contribution in [2.75, 3.05) is 13.1 Å². The average Bonchev–Trinajstić information content (AvgIpc) is 3.43. The van der Waals surface area contributed by atoms with E-state index < -0.39 is 0 Å². The molecule has 2 bridgehead atoms. The largest absolute Gasteiger partial charge is 0.338 e. The number of nitrogens with zero attached hydrogens (tertiary/aromatic N) is 3. The molecule has 4 aromatic rings. The van der Waals surface area contributed by atoms with Crippen molar-refractivity contribution in [1.29, 1.82) is 0 Å². The van der Waals surface area contributed by atoms with Gasteiger partial charge in [-0.15, -0.1) is 0 Å². The molecule has 2 aromatic carbocycles. The molecule has 6 heteroatoms. The van der Waals surface area contributed by atoms with Crippen molar-refractivity contribution in [3.8, 4) is 0 Å². The first kappa shape index (κ1) is 18.0. The third kappa shape index (κ3) is 2.22. The summed E-state index contributed by atoms with van der Waals surface area (Å²) >= 11 is 0. The molecular weight excluding hydrogens is 400 g/mol. The van der Waals surface area contributed by atoms with Gasteiger partial charge in [-0.3, -0.25) is 14.7 Å². The maximum absolute atomic E-state index is 13.6. The summed E-state index contributed by atoms with van der Waals surface area (Å²) in [5, 5.41) is 2.90. The predicted molar refractivity (Wildman–Crippen MR) is 120 cm³/mol. The van der Waals surface area contributed by atoms with Crippen LogP contribution in [0.5, 0.6) is 0 Å². The molecule has 1 aliphatic heterocycles. The topological polar surface area (TPSA) is 70.5 Å². The highest BCUT2D eigenvalue weighted by molar-refractivity contribution is 5.99. The molecule has 6 nitrogen and oxygen atoms in total. The monoisotopic (exact) mass is 422 g/mol. The van der Waals surface area contributed by atoms with E-state index in [-0.39, 0.29) is 11.5 Å². The number of H-pyrrole nitrogens is 1. The van der Waals surface area contributed by atoms with Gasteiger partial charge in [-0.05, 0) is 41.0 Å². The van der Waals surface area contributed by atoms with Crippen molar-refractivity contribution in [2.45, 2.75) is 18.8 Å². The minimum atomic E-state index is -0.203. The smallest absolute Gasteiger partial charge is 0.272 e. The Morgan fingerprint density at radius 3 is 2.00 bits per heavy atom. The lowest BCUT2D eigenvalue weighted by Crippen LogP contribution is -2.39. The van der Waals surface area contributed by atoms with Gasteiger partial charge < -0.3 is 4.90 Å². The second kappa shape index (κ2) is 6.19. The molecule has 1 saturated heterocycles. The van der Waals surface area contributed by atoms with E-state index >= 15 is 0 Å². The molecule has 0 saturated carbocycles. The Labute approximate surface area is 184 Å². The molecule has 1 N–H and O–H groups in total. The molecule has 32 heavy (non-hydrogen) atoms. The molecule has 1 fully saturated rings. The van der Waals surface area contributed by atoms with Crippen LogP contribution < -0.4 is 5.56 Å². The zero-order valence-corrected chi connectivity index (χ0v) is 17.7. The molecule has 0 radical (unpaired) electrons. The first-order chi connectivity index (χ1) is 15.6. The Balaban J connectivity index is 1.31. The fourth-order valence-electron chi connectivity index (χ4n) is 6.56. The molecule has 1 amide bonds. The number of aromatic amines is 1. The zero-order chi connectivity index (χ0) is 21.6. The maximum Gasteiger partial charge on any atom is 0.272 e. The number of aryl methyl sites for hydroxylation is 1. The van der Waals surface area contributed by atoms with E-state index in [0.717, 1.165) is 13.1 Å². The fourth-order valence-corrected chi connectivity index (χ4v) is 6.56. The molecule has 3 aliphatic carbocycles. The van der Waals surface area contributed by atoms with Crippen molar-refractivity contribution >= 4 is 11.6 Å². The normalized spacial score (nSPS) is 25.0. The second-order valence-electron chi connectivity index (χ2n) is 9.33. The third-order valence-electron chi connectivity index (χ3n) is 7.74. The minimum Gasteiger partial charge on any atom is -0.338 e. The van der Waals surface area contributed by atoms with Crippen LogP contribution in [-0.4, -0.2) is 38.5 Å². The predicted octanol–water partition coefficient (Wildman–Crippen LogP) is 3.31. The van der Waals surface area contributed by atoms with Gasteiger partial charge in [-0.25, -0.2) is 9.50 Å². The highest BCUT2D eigenvalue weighted by Crippen LogP contribution is 2.60. The van der Waals surface area contributed by atoms with Crippen LogP contribution in [0.4, 0.5) is 0 Å². The van der Waals surface area contributed by atoms with Crippen LogP contribution in [0.3, 0.4) is 0 Å². The quantitative estimate of drug-likeness (QED) is 0.512. The SMILES string of the molecule is Cc1cc(=O)n2[nH]cc(C(=O)N3CC4C5c6ccccc6C(c6ccccc65)C4C3)c2n1. The van der Waals surface area contributed by atoms with E-state index in [0.29, 0.717) is 40.6 Å². The van der Waals surface area contributed by atoms with Crippen molar-refractivity contribution in [1.82, 2.24) is 19.5 Å². The van der Waals surface area contributed by atoms with Gasteiger partial charge in [0.05, 0.1) is 0 Å². The van der Waals surface area contributed by atoms with Crippen molar-refractivity contribution < 1.29 is 4.79 Å². The van der Waals surface area contributed by atoms with Gasteiger partial charge in [0, 0.05) is 42.9 Å². The molecule has 2 aromatic heterocycles. The number of benzene rings is 2. The summed E-state index contributed by atoms with van der Waals surface area (Å²) in [6, 6.07) is 19.1. The number of aromatic nitrogens is 3. The van der Waals surface area contributed by atoms with Gasteiger partial charge in [0.25, 0.3) is 11.5 Å². The molecule has 2 atom stereocenters. The molecule has 4 aliphatic rings. The number of nitrogens with one attached hydrogen (secondary N) is 1. The summed E-state index contributed by atoms with van der Waals surface area (Å²) in [4.78, 5) is 32.3. The zero-order valence-electron chi connectivity index (χ0n) is 17.7. The third-order valence-corrected chi connectivity index (χ3v) is 7.74. The maximum atomic E-state index is 13.6. The van der Waals surface area contributed by atoms with Gasteiger partial charge in [0.1, 0.15) is 5.56 Å². The van der Waals surface area contributed by atoms with Crippen LogP contribution in [0.15, 0.2) is 65.6 Å². The van der Waals surface area contributed by atoms with Gasteiger partial charge in [-0.2, -0.15) is 0 Å². The van der Waals surface area contributed by atoms with E-state index in [1.165, 1.54) is 32.8 Å². The lowest BCUT2D eigenvalue weighted by atomic mass is 9.55. The van der Waals surface area contributed by atoms with Crippen LogP contribution in [-0.2, 0) is 0 Å². The Bertz CT molecular complexity index is 1380. The van der Waals surface area contributed by atoms with Gasteiger partial charge in [-0.1, -0.05) is 48.5 Å². The number of hydrogen-bond acceptors (Lipinski definition) is 3. The van der Waals surface area contributed by atoms with E-state index in [9.17, 15) is 9.59 Å². The van der Waals surface area contributed by atoms with Crippen LogP contribution >= 0.6 is 0 Å². The number of fused-ring (bicyclic) bond motifs is 1. The summed E-state index contributed by atoms with van der Waals surface area (Å²) < 4.78 is 1.35. The highest BCUT2D eigenvalue weighted by Gasteiger charge is 2.53. The van der Waals surface area contributed by atoms with Crippen molar-refractivity contribution in [3.63, 3.8) is 0 Å². The van der Waals surface area contributed by atoms with Gasteiger partial charge >= 0.3 is 0 Å². The standard InChI is InChI=1S/C26H22N4O2/c1-14-10-22(31)30-25(28-14)19(11-27-30)26(32)29-12-20-21(13-29)24-16-7-3-2-6-15(16)23(20)17-8-4-5-9-18(17)24/h2-11,20-21,23-24,27H,12-13H2,1H3. The van der Waals surface area contributed by atoms with Gasteiger partial charge in [0.2, 0.25) is 0 Å². The van der Waals surface area contributed by atoms with Crippen LogP contribution in [0, 0.1) is 18.8 Å². The lowest BCUT2D eigenvalue weighted by molar-refractivity contribution is 0.0785. The van der Waals surface area contributed by atoms with Gasteiger partial charge in [0.15, 0.2) is 5.65 Å². The number of carbonyl (C=O) groups excluding carboxylic acids is 1. The summed E-state index contributed by atoms with van der Waals surface area (Å²) in [6.07, 6.45) is 1.62. The van der Waals surface area contributed by atoms with Crippen molar-refractivity contribution in [3.05, 3.63) is 105 Å². The molecule has 3 heterocycles. The highest BCUT2D eigenvalue weighted by atomic mass is 16.2. The van der Waals surface area contributed by atoms with Crippen LogP contribution in [0.25, 0.3) is 5.65 Å². The van der Waals surface area contributed by atoms with Crippen LogP contribution in [0.1, 0.15) is 50.1 Å². The van der Waals surface area contributed by atoms with E-state index in [1.807, 2.05) is 4.90 Å². The van der Waals surface area contributed by atoms with Crippen molar-refractivity contribution in [2.24, 2.45) is 11.8 Å². The molecule has 8 rings (SSSR count). The first-order valence-electron chi connectivity index (χ1n) is 11.2. The Morgan fingerprint density at radius 2 is 1.47 bits per heavy atom. The molecular formula is C26H22N4O2. The molecule has 0 spiro atoms. The Kier molecular flexibility index (Phi) is 3.47. The number of rotatable bonds is 1. The Morgan fingerprint density at radius 1 is 0.938 bits per heavy atom. The number of hydrogen-bond donors (Lipinski definition) is 1. The average molecular weight is 422 g/mol. The first-order valence-corrected chi connectivity index (χ1v) is 11.2. The Hall–Kier alpha value is -3.67. The van der Waals surface area contributed by atoms with E-state index in [1.54, 1.807) is 13.1 Å². The molecule has 158 valence electrons. The summed E-state index contributed by atoms with van der Waals surface area (Å²) in [6.45, 7) is 3.22.